The third-order valence-electron chi connectivity index (χ3n) is 2.65. The lowest BCUT2D eigenvalue weighted by Gasteiger charge is -2.27. The molecule has 8 heteroatoms. The summed E-state index contributed by atoms with van der Waals surface area (Å²) >= 11 is 0. The highest BCUT2D eigenvalue weighted by Gasteiger charge is 2.35. The number of carbonyl (C=O) groups is 1. The molecular weight excluding hydrogens is 270 g/mol. The summed E-state index contributed by atoms with van der Waals surface area (Å²) in [6, 6.07) is 2.62. The van der Waals surface area contributed by atoms with Crippen LogP contribution in [-0.4, -0.2) is 25.8 Å². The van der Waals surface area contributed by atoms with Gasteiger partial charge >= 0.3 is 0 Å². The fraction of sp³-hybridized carbons (Fsp3) is 0.167. The molecule has 0 spiro atoms. The summed E-state index contributed by atoms with van der Waals surface area (Å²) in [5.41, 5.74) is 2.69. The van der Waals surface area contributed by atoms with Crippen molar-refractivity contribution in [3.8, 4) is 0 Å². The summed E-state index contributed by atoms with van der Waals surface area (Å²) in [6.45, 7) is -0.293. The van der Waals surface area contributed by atoms with Gasteiger partial charge in [-0.25, -0.2) is 18.4 Å². The van der Waals surface area contributed by atoms with Crippen LogP contribution in [0.15, 0.2) is 30.9 Å². The molecule has 0 bridgehead atoms. The number of amides is 1. The fourth-order valence-corrected chi connectivity index (χ4v) is 1.85. The number of rotatable bonds is 5. The Hall–Kier alpha value is -2.35. The highest BCUT2D eigenvalue weighted by atomic mass is 19.1. The van der Waals surface area contributed by atoms with Crippen LogP contribution in [-0.2, 0) is 16.9 Å². The topological polar surface area (TPSA) is 94.0 Å². The van der Waals surface area contributed by atoms with Crippen molar-refractivity contribution in [2.45, 2.75) is 12.1 Å². The lowest BCUT2D eigenvalue weighted by Crippen LogP contribution is -2.38. The van der Waals surface area contributed by atoms with Crippen molar-refractivity contribution >= 4 is 5.91 Å². The quantitative estimate of drug-likeness (QED) is 0.814. The summed E-state index contributed by atoms with van der Waals surface area (Å²) in [7, 11) is 0. The van der Waals surface area contributed by atoms with Gasteiger partial charge in [0.2, 0.25) is 5.91 Å². The molecule has 20 heavy (non-hydrogen) atoms. The second-order valence-electron chi connectivity index (χ2n) is 4.19. The number of primary amides is 1. The van der Waals surface area contributed by atoms with Crippen molar-refractivity contribution < 1.29 is 18.7 Å². The maximum atomic E-state index is 13.8. The first-order valence-corrected chi connectivity index (χ1v) is 5.56. The molecule has 2 aromatic rings. The van der Waals surface area contributed by atoms with Crippen molar-refractivity contribution in [1.29, 1.82) is 0 Å². The smallest absolute Gasteiger partial charge is 0.224 e. The molecule has 1 aromatic carbocycles. The minimum atomic E-state index is -2.06. The molecule has 0 saturated heterocycles. The lowest BCUT2D eigenvalue weighted by atomic mass is 9.89. The standard InChI is InChI=1S/C12H11F2N4O2/c13-8-1-2-9(10(14)3-8)12(20,4-11(15)19)5-18-7-16-6-17-18/h1-4,6-7,20H,5H2,(H2,15,19)/t12-/m0/s1. The Morgan fingerprint density at radius 3 is 2.80 bits per heavy atom. The van der Waals surface area contributed by atoms with E-state index in [4.69, 9.17) is 5.73 Å². The van der Waals surface area contributed by atoms with Gasteiger partial charge in [0.15, 0.2) is 0 Å². The van der Waals surface area contributed by atoms with Crippen LogP contribution in [0, 0.1) is 18.1 Å². The summed E-state index contributed by atoms with van der Waals surface area (Å²) in [6.07, 6.45) is 3.23. The molecule has 0 aliphatic carbocycles. The molecule has 6 nitrogen and oxygen atoms in total. The zero-order valence-electron chi connectivity index (χ0n) is 10.2. The van der Waals surface area contributed by atoms with E-state index in [1.54, 1.807) is 0 Å². The summed E-state index contributed by atoms with van der Waals surface area (Å²) < 4.78 is 27.9. The largest absolute Gasteiger partial charge is 0.382 e. The zero-order chi connectivity index (χ0) is 14.8. The van der Waals surface area contributed by atoms with Crippen molar-refractivity contribution in [2.75, 3.05) is 0 Å². The molecule has 0 unspecified atom stereocenters. The van der Waals surface area contributed by atoms with Crippen LogP contribution in [0.1, 0.15) is 5.56 Å². The van der Waals surface area contributed by atoms with Crippen molar-refractivity contribution in [2.24, 2.45) is 5.73 Å². The predicted molar refractivity (Wildman–Crippen MR) is 63.8 cm³/mol. The van der Waals surface area contributed by atoms with Crippen molar-refractivity contribution in [1.82, 2.24) is 14.8 Å². The number of aromatic nitrogens is 3. The van der Waals surface area contributed by atoms with E-state index >= 15 is 0 Å². The van der Waals surface area contributed by atoms with E-state index in [9.17, 15) is 18.7 Å². The Kier molecular flexibility index (Phi) is 3.75. The normalized spacial score (nSPS) is 13.9. The van der Waals surface area contributed by atoms with E-state index in [-0.39, 0.29) is 12.1 Å². The van der Waals surface area contributed by atoms with E-state index in [1.165, 1.54) is 17.3 Å². The average Bonchev–Trinajstić information content (AvgIpc) is 2.79. The van der Waals surface area contributed by atoms with Crippen molar-refractivity contribution in [3.63, 3.8) is 0 Å². The number of nitrogens with zero attached hydrogens (tertiary/aromatic N) is 3. The maximum absolute atomic E-state index is 13.8. The third-order valence-corrected chi connectivity index (χ3v) is 2.65. The Balaban J connectivity index is 2.42. The van der Waals surface area contributed by atoms with Gasteiger partial charge in [-0.3, -0.25) is 4.79 Å². The minimum absolute atomic E-state index is 0.284. The molecule has 0 aliphatic rings. The van der Waals surface area contributed by atoms with E-state index in [2.05, 4.69) is 10.1 Å². The highest BCUT2D eigenvalue weighted by molar-refractivity contribution is 5.84. The van der Waals surface area contributed by atoms with Crippen LogP contribution < -0.4 is 5.73 Å². The van der Waals surface area contributed by atoms with Crippen LogP contribution in [0.5, 0.6) is 0 Å². The number of hydrogen-bond acceptors (Lipinski definition) is 4. The summed E-state index contributed by atoms with van der Waals surface area (Å²) in [5.74, 6) is -2.74. The first kappa shape index (κ1) is 14.1. The van der Waals surface area contributed by atoms with Crippen LogP contribution in [0.3, 0.4) is 0 Å². The molecule has 1 atom stereocenters. The van der Waals surface area contributed by atoms with Crippen LogP contribution >= 0.6 is 0 Å². The van der Waals surface area contributed by atoms with Gasteiger partial charge in [0, 0.05) is 11.6 Å². The summed E-state index contributed by atoms with van der Waals surface area (Å²) in [5, 5.41) is 14.2. The molecule has 3 N–H and O–H groups in total. The van der Waals surface area contributed by atoms with Gasteiger partial charge in [0.25, 0.3) is 0 Å². The maximum Gasteiger partial charge on any atom is 0.224 e. The molecule has 0 fully saturated rings. The molecule has 1 aromatic heterocycles. The molecule has 1 heterocycles. The second kappa shape index (κ2) is 5.33. The molecule has 0 aliphatic heterocycles. The number of halogens is 2. The first-order chi connectivity index (χ1) is 9.40. The molecule has 1 amide bonds. The number of hydrogen-bond donors (Lipinski definition) is 2. The van der Waals surface area contributed by atoms with Crippen LogP contribution in [0.25, 0.3) is 0 Å². The summed E-state index contributed by atoms with van der Waals surface area (Å²) in [4.78, 5) is 14.7. The van der Waals surface area contributed by atoms with Crippen LogP contribution in [0.4, 0.5) is 8.78 Å². The van der Waals surface area contributed by atoms with Gasteiger partial charge in [-0.2, -0.15) is 5.10 Å². The Morgan fingerprint density at radius 1 is 1.50 bits per heavy atom. The van der Waals surface area contributed by atoms with E-state index in [1.807, 2.05) is 0 Å². The van der Waals surface area contributed by atoms with Crippen molar-refractivity contribution in [3.05, 3.63) is 54.5 Å². The monoisotopic (exact) mass is 281 g/mol. The molecule has 105 valence electrons. The zero-order valence-corrected chi connectivity index (χ0v) is 10.2. The van der Waals surface area contributed by atoms with E-state index in [0.717, 1.165) is 18.6 Å². The number of benzene rings is 1. The number of carbonyl (C=O) groups excluding carboxylic acids is 1. The minimum Gasteiger partial charge on any atom is -0.382 e. The molecular formula is C12H11F2N4O2. The van der Waals surface area contributed by atoms with Gasteiger partial charge in [0.1, 0.15) is 29.9 Å². The van der Waals surface area contributed by atoms with E-state index < -0.39 is 23.1 Å². The van der Waals surface area contributed by atoms with Gasteiger partial charge in [-0.05, 0) is 6.07 Å². The van der Waals surface area contributed by atoms with Crippen LogP contribution in [0.2, 0.25) is 0 Å². The fourth-order valence-electron chi connectivity index (χ4n) is 1.85. The third kappa shape index (κ3) is 2.97. The van der Waals surface area contributed by atoms with E-state index in [0.29, 0.717) is 6.07 Å². The molecule has 2 rings (SSSR count). The van der Waals surface area contributed by atoms with Gasteiger partial charge in [-0.1, -0.05) is 6.07 Å². The SMILES string of the molecule is NC(=O)[CH][C@](O)(Cn1cncn1)c1ccc(F)cc1F. The lowest BCUT2D eigenvalue weighted by molar-refractivity contribution is -0.118. The molecule has 0 saturated carbocycles. The molecule has 1 radical (unpaired) electrons. The first-order valence-electron chi connectivity index (χ1n) is 5.56. The number of aliphatic hydroxyl groups is 1. The predicted octanol–water partition coefficient (Wildman–Crippen LogP) is 0.134. The second-order valence-corrected chi connectivity index (χ2v) is 4.19. The Bertz CT molecular complexity index is 618. The van der Waals surface area contributed by atoms with Gasteiger partial charge in [0.05, 0.1) is 13.0 Å². The Labute approximate surface area is 112 Å². The van der Waals surface area contributed by atoms with Gasteiger partial charge in [-0.15, -0.1) is 0 Å². The average molecular weight is 281 g/mol. The Morgan fingerprint density at radius 2 is 2.25 bits per heavy atom. The highest BCUT2D eigenvalue weighted by Crippen LogP contribution is 2.28. The van der Waals surface area contributed by atoms with Gasteiger partial charge < -0.3 is 10.8 Å². The number of nitrogens with two attached hydrogens (primary N) is 1.